The highest BCUT2D eigenvalue weighted by molar-refractivity contribution is 5.91. The zero-order valence-corrected chi connectivity index (χ0v) is 12.0. The van der Waals surface area contributed by atoms with Crippen LogP contribution in [0.15, 0.2) is 30.5 Å². The summed E-state index contributed by atoms with van der Waals surface area (Å²) in [6, 6.07) is 8.78. The Morgan fingerprint density at radius 1 is 1.38 bits per heavy atom. The van der Waals surface area contributed by atoms with Gasteiger partial charge in [0.15, 0.2) is 5.69 Å². The quantitative estimate of drug-likeness (QED) is 0.902. The monoisotopic (exact) mass is 285 g/mol. The molecule has 1 saturated heterocycles. The summed E-state index contributed by atoms with van der Waals surface area (Å²) in [6.45, 7) is 3.58. The van der Waals surface area contributed by atoms with Gasteiger partial charge in [0.1, 0.15) is 0 Å². The number of aromatic amines is 1. The van der Waals surface area contributed by atoms with Gasteiger partial charge < -0.3 is 10.2 Å². The number of likely N-dealkylation sites (tertiary alicyclic amines) is 1. The molecule has 0 radical (unpaired) electrons. The van der Waals surface area contributed by atoms with E-state index in [1.54, 1.807) is 0 Å². The molecular formula is C15H19N5O. The van der Waals surface area contributed by atoms with Crippen LogP contribution in [0.2, 0.25) is 0 Å². The maximum Gasteiger partial charge on any atom is 0.276 e. The summed E-state index contributed by atoms with van der Waals surface area (Å²) in [4.78, 5) is 14.0. The number of carbonyl (C=O) groups is 1. The highest BCUT2D eigenvalue weighted by Crippen LogP contribution is 2.18. The fourth-order valence-corrected chi connectivity index (χ4v) is 2.66. The fourth-order valence-electron chi connectivity index (χ4n) is 2.66. The third-order valence-electron chi connectivity index (χ3n) is 3.81. The second-order valence-electron chi connectivity index (χ2n) is 5.44. The van der Waals surface area contributed by atoms with Crippen molar-refractivity contribution in [3.63, 3.8) is 0 Å². The zero-order valence-electron chi connectivity index (χ0n) is 12.0. The van der Waals surface area contributed by atoms with E-state index in [0.29, 0.717) is 11.7 Å². The molecule has 0 atom stereocenters. The Labute approximate surface area is 123 Å². The molecule has 0 spiro atoms. The highest BCUT2D eigenvalue weighted by atomic mass is 16.2. The lowest BCUT2D eigenvalue weighted by molar-refractivity contribution is 0.0712. The van der Waals surface area contributed by atoms with E-state index in [1.807, 2.05) is 4.90 Å². The van der Waals surface area contributed by atoms with Gasteiger partial charge in [-0.25, -0.2) is 0 Å². The predicted octanol–water partition coefficient (Wildman–Crippen LogP) is 1.83. The average Bonchev–Trinajstić information content (AvgIpc) is 3.01. The van der Waals surface area contributed by atoms with Gasteiger partial charge in [-0.2, -0.15) is 15.4 Å². The van der Waals surface area contributed by atoms with Crippen molar-refractivity contribution in [3.05, 3.63) is 41.7 Å². The first kappa shape index (κ1) is 13.6. The number of aryl methyl sites for hydroxylation is 1. The van der Waals surface area contributed by atoms with E-state index in [0.717, 1.165) is 31.6 Å². The van der Waals surface area contributed by atoms with E-state index in [2.05, 4.69) is 51.9 Å². The number of carbonyl (C=O) groups excluding carboxylic acids is 1. The van der Waals surface area contributed by atoms with Crippen LogP contribution >= 0.6 is 0 Å². The van der Waals surface area contributed by atoms with Gasteiger partial charge >= 0.3 is 0 Å². The van der Waals surface area contributed by atoms with E-state index in [4.69, 9.17) is 0 Å². The maximum absolute atomic E-state index is 12.2. The van der Waals surface area contributed by atoms with Gasteiger partial charge in [-0.05, 0) is 37.5 Å². The zero-order chi connectivity index (χ0) is 14.7. The third-order valence-corrected chi connectivity index (χ3v) is 3.81. The first-order chi connectivity index (χ1) is 10.2. The van der Waals surface area contributed by atoms with Crippen LogP contribution in [0.5, 0.6) is 0 Å². The Morgan fingerprint density at radius 3 is 2.86 bits per heavy atom. The molecule has 2 heterocycles. The van der Waals surface area contributed by atoms with Crippen LogP contribution in [0.3, 0.4) is 0 Å². The Kier molecular flexibility index (Phi) is 3.85. The second kappa shape index (κ2) is 5.95. The molecule has 0 aliphatic carbocycles. The summed E-state index contributed by atoms with van der Waals surface area (Å²) in [7, 11) is 0. The predicted molar refractivity (Wildman–Crippen MR) is 80.1 cm³/mol. The topological polar surface area (TPSA) is 73.9 Å². The number of nitrogens with one attached hydrogen (secondary N) is 2. The lowest BCUT2D eigenvalue weighted by atomic mass is 10.0. The molecule has 1 aliphatic heterocycles. The smallest absolute Gasteiger partial charge is 0.276 e. The van der Waals surface area contributed by atoms with Crippen molar-refractivity contribution in [3.8, 4) is 0 Å². The standard InChI is InChI=1S/C15H19N5O/c1-11-3-2-4-13(9-11)17-12-5-7-20(8-6-12)15(21)14-10-16-19-18-14/h2-4,9-10,12,17H,5-8H2,1H3,(H,16,18,19). The molecule has 0 saturated carbocycles. The van der Waals surface area contributed by atoms with Crippen LogP contribution < -0.4 is 5.32 Å². The van der Waals surface area contributed by atoms with E-state index in [-0.39, 0.29) is 5.91 Å². The summed E-state index contributed by atoms with van der Waals surface area (Å²) in [6.07, 6.45) is 3.36. The number of hydrogen-bond donors (Lipinski definition) is 2. The molecule has 6 nitrogen and oxygen atoms in total. The van der Waals surface area contributed by atoms with Gasteiger partial charge in [0, 0.05) is 24.8 Å². The molecule has 0 unspecified atom stereocenters. The van der Waals surface area contributed by atoms with Gasteiger partial charge in [0.25, 0.3) is 5.91 Å². The number of amides is 1. The Balaban J connectivity index is 1.54. The Hall–Kier alpha value is -2.37. The SMILES string of the molecule is Cc1cccc(NC2CCN(C(=O)c3cn[nH]n3)CC2)c1. The van der Waals surface area contributed by atoms with Crippen LogP contribution in [-0.2, 0) is 0 Å². The van der Waals surface area contributed by atoms with Crippen molar-refractivity contribution in [1.82, 2.24) is 20.3 Å². The maximum atomic E-state index is 12.2. The number of anilines is 1. The van der Waals surface area contributed by atoms with E-state index in [1.165, 1.54) is 11.8 Å². The number of rotatable bonds is 3. The van der Waals surface area contributed by atoms with E-state index in [9.17, 15) is 4.79 Å². The summed E-state index contributed by atoms with van der Waals surface area (Å²) in [5.41, 5.74) is 2.79. The molecular weight excluding hydrogens is 266 g/mol. The molecule has 1 aliphatic rings. The summed E-state index contributed by atoms with van der Waals surface area (Å²) in [5, 5.41) is 13.5. The first-order valence-corrected chi connectivity index (χ1v) is 7.20. The van der Waals surface area contributed by atoms with Crippen LogP contribution in [0.25, 0.3) is 0 Å². The number of aromatic nitrogens is 3. The largest absolute Gasteiger partial charge is 0.382 e. The number of benzene rings is 1. The van der Waals surface area contributed by atoms with Crippen LogP contribution in [0, 0.1) is 6.92 Å². The lowest BCUT2D eigenvalue weighted by Gasteiger charge is -2.32. The van der Waals surface area contributed by atoms with Gasteiger partial charge in [-0.15, -0.1) is 0 Å². The minimum Gasteiger partial charge on any atom is -0.382 e. The van der Waals surface area contributed by atoms with Crippen molar-refractivity contribution in [2.45, 2.75) is 25.8 Å². The Morgan fingerprint density at radius 2 is 2.19 bits per heavy atom. The average molecular weight is 285 g/mol. The lowest BCUT2D eigenvalue weighted by Crippen LogP contribution is -2.42. The highest BCUT2D eigenvalue weighted by Gasteiger charge is 2.24. The van der Waals surface area contributed by atoms with Gasteiger partial charge in [0.2, 0.25) is 0 Å². The van der Waals surface area contributed by atoms with Crippen molar-refractivity contribution in [2.24, 2.45) is 0 Å². The number of piperidine rings is 1. The number of nitrogens with zero attached hydrogens (tertiary/aromatic N) is 3. The van der Waals surface area contributed by atoms with Crippen molar-refractivity contribution >= 4 is 11.6 Å². The van der Waals surface area contributed by atoms with Crippen LogP contribution in [0.4, 0.5) is 5.69 Å². The molecule has 1 aromatic heterocycles. The fraction of sp³-hybridized carbons (Fsp3) is 0.400. The minimum absolute atomic E-state index is 0.0437. The molecule has 0 bridgehead atoms. The molecule has 1 amide bonds. The number of hydrogen-bond acceptors (Lipinski definition) is 4. The van der Waals surface area contributed by atoms with Crippen LogP contribution in [-0.4, -0.2) is 45.3 Å². The summed E-state index contributed by atoms with van der Waals surface area (Å²) in [5.74, 6) is -0.0437. The Bertz CT molecular complexity index is 602. The molecule has 3 rings (SSSR count). The van der Waals surface area contributed by atoms with Crippen molar-refractivity contribution in [2.75, 3.05) is 18.4 Å². The summed E-state index contributed by atoms with van der Waals surface area (Å²) < 4.78 is 0. The molecule has 1 aromatic carbocycles. The van der Waals surface area contributed by atoms with Gasteiger partial charge in [-0.1, -0.05) is 12.1 Å². The molecule has 2 aromatic rings. The summed E-state index contributed by atoms with van der Waals surface area (Å²) >= 11 is 0. The van der Waals surface area contributed by atoms with E-state index < -0.39 is 0 Å². The van der Waals surface area contributed by atoms with Gasteiger partial charge in [-0.3, -0.25) is 4.79 Å². The molecule has 110 valence electrons. The molecule has 21 heavy (non-hydrogen) atoms. The second-order valence-corrected chi connectivity index (χ2v) is 5.44. The van der Waals surface area contributed by atoms with E-state index >= 15 is 0 Å². The minimum atomic E-state index is -0.0437. The van der Waals surface area contributed by atoms with Gasteiger partial charge in [0.05, 0.1) is 6.20 Å². The van der Waals surface area contributed by atoms with Crippen molar-refractivity contribution in [1.29, 1.82) is 0 Å². The third kappa shape index (κ3) is 3.21. The van der Waals surface area contributed by atoms with Crippen LogP contribution in [0.1, 0.15) is 28.9 Å². The number of H-pyrrole nitrogens is 1. The molecule has 1 fully saturated rings. The van der Waals surface area contributed by atoms with Crippen molar-refractivity contribution < 1.29 is 4.79 Å². The normalized spacial score (nSPS) is 16.0. The molecule has 2 N–H and O–H groups in total. The first-order valence-electron chi connectivity index (χ1n) is 7.20. The molecule has 6 heteroatoms.